The van der Waals surface area contributed by atoms with Crippen molar-refractivity contribution in [2.45, 2.75) is 23.6 Å². The van der Waals surface area contributed by atoms with Crippen molar-refractivity contribution >= 4 is 60.8 Å². The molecular weight excluding hydrogens is 514 g/mol. The van der Waals surface area contributed by atoms with Gasteiger partial charge in [-0.15, -0.1) is 11.3 Å². The Balaban J connectivity index is 1.60. The van der Waals surface area contributed by atoms with Gasteiger partial charge in [0.25, 0.3) is 15.9 Å². The predicted molar refractivity (Wildman–Crippen MR) is 130 cm³/mol. The fraction of sp³-hybridized carbons (Fsp3) is 0.364. The van der Waals surface area contributed by atoms with Gasteiger partial charge in [-0.3, -0.25) is 9.59 Å². The number of esters is 2. The quantitative estimate of drug-likeness (QED) is 0.442. The van der Waals surface area contributed by atoms with Crippen LogP contribution < -0.4 is 4.80 Å². The predicted octanol–water partition coefficient (Wildman–Crippen LogP) is 2.25. The van der Waals surface area contributed by atoms with E-state index in [1.165, 1.54) is 29.9 Å². The molecule has 4 rings (SSSR count). The minimum Gasteiger partial charge on any atom is -0.468 e. The summed E-state index contributed by atoms with van der Waals surface area (Å²) in [5.41, 5.74) is 0.958. The van der Waals surface area contributed by atoms with Crippen LogP contribution in [0.1, 0.15) is 23.2 Å². The molecular formula is C22H23N3O7S3. The molecule has 186 valence electrons. The van der Waals surface area contributed by atoms with E-state index in [9.17, 15) is 22.8 Å². The average molecular weight is 538 g/mol. The molecule has 3 heterocycles. The first kappa shape index (κ1) is 25.2. The molecule has 3 aromatic rings. The third-order valence-electron chi connectivity index (χ3n) is 5.72. The van der Waals surface area contributed by atoms with Crippen LogP contribution in [0.5, 0.6) is 0 Å². The summed E-state index contributed by atoms with van der Waals surface area (Å²) in [5.74, 6) is -1.83. The van der Waals surface area contributed by atoms with Crippen LogP contribution in [0.3, 0.4) is 0 Å². The number of ether oxygens (including phenoxy) is 2. The SMILES string of the molecule is COC(=O)Cn1c(=NC(=O)C2CCN(S(=O)(=O)c3cccs3)CC2)sc2cc(C(=O)OC)ccc21. The highest BCUT2D eigenvalue weighted by atomic mass is 32.2. The summed E-state index contributed by atoms with van der Waals surface area (Å²) < 4.78 is 38.9. The van der Waals surface area contributed by atoms with Crippen LogP contribution >= 0.6 is 22.7 Å². The molecule has 0 bridgehead atoms. The van der Waals surface area contributed by atoms with Gasteiger partial charge in [-0.05, 0) is 42.5 Å². The van der Waals surface area contributed by atoms with Crippen molar-refractivity contribution in [1.29, 1.82) is 0 Å². The molecule has 1 saturated heterocycles. The molecule has 0 unspecified atom stereocenters. The molecule has 0 atom stereocenters. The fourth-order valence-electron chi connectivity index (χ4n) is 3.82. The Morgan fingerprint density at radius 1 is 1.11 bits per heavy atom. The smallest absolute Gasteiger partial charge is 0.337 e. The van der Waals surface area contributed by atoms with Crippen molar-refractivity contribution < 1.29 is 32.3 Å². The molecule has 13 heteroatoms. The highest BCUT2D eigenvalue weighted by Gasteiger charge is 2.32. The Hall–Kier alpha value is -2.87. The van der Waals surface area contributed by atoms with Gasteiger partial charge < -0.3 is 14.0 Å². The van der Waals surface area contributed by atoms with E-state index in [0.717, 1.165) is 11.3 Å². The number of fused-ring (bicyclic) bond motifs is 1. The second-order valence-electron chi connectivity index (χ2n) is 7.78. The topological polar surface area (TPSA) is 124 Å². The highest BCUT2D eigenvalue weighted by Crippen LogP contribution is 2.27. The number of thiazole rings is 1. The van der Waals surface area contributed by atoms with Crippen molar-refractivity contribution in [2.75, 3.05) is 27.3 Å². The summed E-state index contributed by atoms with van der Waals surface area (Å²) in [6.07, 6.45) is 0.697. The molecule has 0 radical (unpaired) electrons. The summed E-state index contributed by atoms with van der Waals surface area (Å²) >= 11 is 2.33. The van der Waals surface area contributed by atoms with Crippen molar-refractivity contribution in [3.05, 3.63) is 46.1 Å². The maximum absolute atomic E-state index is 13.0. The third kappa shape index (κ3) is 5.22. The summed E-state index contributed by atoms with van der Waals surface area (Å²) in [4.78, 5) is 41.5. The lowest BCUT2D eigenvalue weighted by molar-refractivity contribution is -0.141. The van der Waals surface area contributed by atoms with Crippen LogP contribution in [0.2, 0.25) is 0 Å². The van der Waals surface area contributed by atoms with E-state index in [1.807, 2.05) is 0 Å². The van der Waals surface area contributed by atoms with Crippen molar-refractivity contribution in [1.82, 2.24) is 8.87 Å². The average Bonchev–Trinajstić information content (AvgIpc) is 3.52. The van der Waals surface area contributed by atoms with E-state index in [2.05, 4.69) is 4.99 Å². The third-order valence-corrected chi connectivity index (χ3v) is 10.0. The van der Waals surface area contributed by atoms with Gasteiger partial charge in [-0.2, -0.15) is 9.30 Å². The monoisotopic (exact) mass is 537 g/mol. The number of methoxy groups -OCH3 is 2. The van der Waals surface area contributed by atoms with Crippen LogP contribution in [-0.2, 0) is 35.6 Å². The number of carbonyl (C=O) groups excluding carboxylic acids is 3. The molecule has 0 aliphatic carbocycles. The summed E-state index contributed by atoms with van der Waals surface area (Å²) in [6.45, 7) is 0.296. The minimum absolute atomic E-state index is 0.155. The Labute approximate surface area is 209 Å². The molecule has 1 amide bonds. The number of aromatic nitrogens is 1. The molecule has 1 aliphatic heterocycles. The number of nitrogens with zero attached hydrogens (tertiary/aromatic N) is 3. The van der Waals surface area contributed by atoms with Gasteiger partial charge in [-0.25, -0.2) is 13.2 Å². The number of carbonyl (C=O) groups is 3. The first-order chi connectivity index (χ1) is 16.7. The molecule has 0 spiro atoms. The fourth-order valence-corrected chi connectivity index (χ4v) is 7.50. The van der Waals surface area contributed by atoms with E-state index in [-0.39, 0.29) is 29.8 Å². The molecule has 35 heavy (non-hydrogen) atoms. The largest absolute Gasteiger partial charge is 0.468 e. The molecule has 1 fully saturated rings. The van der Waals surface area contributed by atoms with Crippen LogP contribution in [0, 0.1) is 5.92 Å². The molecule has 0 saturated carbocycles. The highest BCUT2D eigenvalue weighted by molar-refractivity contribution is 7.91. The number of benzene rings is 1. The van der Waals surface area contributed by atoms with Crippen molar-refractivity contribution in [3.8, 4) is 0 Å². The summed E-state index contributed by atoms with van der Waals surface area (Å²) in [5, 5.41) is 1.71. The second-order valence-corrected chi connectivity index (χ2v) is 11.9. The molecule has 1 aliphatic rings. The zero-order valence-corrected chi connectivity index (χ0v) is 21.5. The molecule has 2 aromatic heterocycles. The van der Waals surface area contributed by atoms with E-state index >= 15 is 0 Å². The Kier molecular flexibility index (Phi) is 7.50. The minimum atomic E-state index is -3.56. The van der Waals surface area contributed by atoms with Gasteiger partial charge in [0.2, 0.25) is 0 Å². The number of hydrogen-bond acceptors (Lipinski definition) is 9. The van der Waals surface area contributed by atoms with Crippen LogP contribution in [0.25, 0.3) is 10.2 Å². The zero-order valence-electron chi connectivity index (χ0n) is 19.0. The van der Waals surface area contributed by atoms with E-state index < -0.39 is 27.9 Å². The van der Waals surface area contributed by atoms with E-state index in [0.29, 0.717) is 33.4 Å². The van der Waals surface area contributed by atoms with Crippen molar-refractivity contribution in [3.63, 3.8) is 0 Å². The van der Waals surface area contributed by atoms with Gasteiger partial charge in [0, 0.05) is 19.0 Å². The Bertz CT molecular complexity index is 1430. The lowest BCUT2D eigenvalue weighted by Crippen LogP contribution is -2.40. The normalized spacial score (nSPS) is 15.9. The molecule has 10 nitrogen and oxygen atoms in total. The summed E-state index contributed by atoms with van der Waals surface area (Å²) in [6, 6.07) is 8.12. The van der Waals surface area contributed by atoms with Crippen LogP contribution in [-0.4, -0.2) is 62.4 Å². The summed E-state index contributed by atoms with van der Waals surface area (Å²) in [7, 11) is -1.00. The van der Waals surface area contributed by atoms with Gasteiger partial charge in [0.1, 0.15) is 10.8 Å². The van der Waals surface area contributed by atoms with Crippen molar-refractivity contribution in [2.24, 2.45) is 10.9 Å². The Morgan fingerprint density at radius 2 is 1.86 bits per heavy atom. The number of hydrogen-bond donors (Lipinski definition) is 0. The lowest BCUT2D eigenvalue weighted by atomic mass is 9.98. The maximum atomic E-state index is 13.0. The van der Waals surface area contributed by atoms with Gasteiger partial charge in [0.05, 0.1) is 30.0 Å². The molecule has 0 N–H and O–H groups in total. The van der Waals surface area contributed by atoms with Crippen LogP contribution in [0.15, 0.2) is 44.9 Å². The van der Waals surface area contributed by atoms with E-state index in [1.54, 1.807) is 40.3 Å². The van der Waals surface area contributed by atoms with Gasteiger partial charge in [-0.1, -0.05) is 17.4 Å². The zero-order chi connectivity index (χ0) is 25.2. The first-order valence-corrected chi connectivity index (χ1v) is 13.8. The number of piperidine rings is 1. The Morgan fingerprint density at radius 3 is 2.49 bits per heavy atom. The molecule has 1 aromatic carbocycles. The number of amides is 1. The number of sulfonamides is 1. The van der Waals surface area contributed by atoms with Crippen LogP contribution in [0.4, 0.5) is 0 Å². The van der Waals surface area contributed by atoms with E-state index in [4.69, 9.17) is 9.47 Å². The van der Waals surface area contributed by atoms with Gasteiger partial charge in [0.15, 0.2) is 4.80 Å². The standard InChI is InChI=1S/C22H23N3O7S3/c1-31-18(26)13-25-16-6-5-15(21(28)32-2)12-17(16)34-22(25)23-20(27)14-7-9-24(10-8-14)35(29,30)19-4-3-11-33-19/h3-6,11-12,14H,7-10,13H2,1-2H3. The maximum Gasteiger partial charge on any atom is 0.337 e. The lowest BCUT2D eigenvalue weighted by Gasteiger charge is -2.29. The second kappa shape index (κ2) is 10.4. The first-order valence-electron chi connectivity index (χ1n) is 10.7. The number of thiophene rings is 1. The van der Waals surface area contributed by atoms with Gasteiger partial charge >= 0.3 is 11.9 Å². The number of rotatable bonds is 6.